The SMILES string of the molecule is CCCCOc1ccc(/C=C2\SC(=S)N(c3cccnc3)C2=O)cc1OC. The van der Waals surface area contributed by atoms with Crippen molar-refractivity contribution >= 4 is 46.0 Å². The summed E-state index contributed by atoms with van der Waals surface area (Å²) in [5, 5.41) is 0. The maximum absolute atomic E-state index is 12.8. The van der Waals surface area contributed by atoms with Gasteiger partial charge < -0.3 is 9.47 Å². The Hall–Kier alpha value is -2.38. The number of anilines is 1. The molecule has 0 N–H and O–H groups in total. The number of nitrogens with zero attached hydrogens (tertiary/aromatic N) is 2. The highest BCUT2D eigenvalue weighted by Crippen LogP contribution is 2.37. The maximum atomic E-state index is 12.8. The summed E-state index contributed by atoms with van der Waals surface area (Å²) in [6.07, 6.45) is 7.15. The topological polar surface area (TPSA) is 51.7 Å². The summed E-state index contributed by atoms with van der Waals surface area (Å²) < 4.78 is 11.7. The fourth-order valence-corrected chi connectivity index (χ4v) is 3.85. The number of methoxy groups -OCH3 is 1. The summed E-state index contributed by atoms with van der Waals surface area (Å²) in [6.45, 7) is 2.77. The molecule has 0 saturated carbocycles. The molecule has 0 spiro atoms. The van der Waals surface area contributed by atoms with E-state index in [2.05, 4.69) is 11.9 Å². The molecule has 0 bridgehead atoms. The minimum Gasteiger partial charge on any atom is -0.493 e. The molecule has 1 aromatic carbocycles. The van der Waals surface area contributed by atoms with Crippen molar-refractivity contribution < 1.29 is 14.3 Å². The van der Waals surface area contributed by atoms with Gasteiger partial charge in [-0.1, -0.05) is 43.4 Å². The van der Waals surface area contributed by atoms with Gasteiger partial charge in [0, 0.05) is 6.20 Å². The highest BCUT2D eigenvalue weighted by Gasteiger charge is 2.33. The number of aromatic nitrogens is 1. The molecule has 2 heterocycles. The lowest BCUT2D eigenvalue weighted by molar-refractivity contribution is -0.113. The fourth-order valence-electron chi connectivity index (χ4n) is 2.55. The second-order valence-corrected chi connectivity index (χ2v) is 7.52. The lowest BCUT2D eigenvalue weighted by Crippen LogP contribution is -2.27. The van der Waals surface area contributed by atoms with Gasteiger partial charge in [-0.15, -0.1) is 0 Å². The summed E-state index contributed by atoms with van der Waals surface area (Å²) in [4.78, 5) is 18.9. The third kappa shape index (κ3) is 4.48. The van der Waals surface area contributed by atoms with E-state index in [0.29, 0.717) is 33.0 Å². The van der Waals surface area contributed by atoms with Gasteiger partial charge in [-0.25, -0.2) is 0 Å². The zero-order chi connectivity index (χ0) is 19.2. The molecule has 7 heteroatoms. The van der Waals surface area contributed by atoms with Crippen molar-refractivity contribution in [3.05, 3.63) is 53.2 Å². The van der Waals surface area contributed by atoms with Crippen molar-refractivity contribution in [2.24, 2.45) is 0 Å². The predicted molar refractivity (Wildman–Crippen MR) is 113 cm³/mol. The van der Waals surface area contributed by atoms with Crippen LogP contribution in [0.15, 0.2) is 47.6 Å². The third-order valence-electron chi connectivity index (χ3n) is 3.94. The van der Waals surface area contributed by atoms with Gasteiger partial charge in [0.1, 0.15) is 0 Å². The van der Waals surface area contributed by atoms with Crippen LogP contribution in [0.25, 0.3) is 6.08 Å². The summed E-state index contributed by atoms with van der Waals surface area (Å²) in [7, 11) is 1.60. The van der Waals surface area contributed by atoms with Crippen LogP contribution in [0.2, 0.25) is 0 Å². The zero-order valence-corrected chi connectivity index (χ0v) is 16.8. The minimum atomic E-state index is -0.153. The zero-order valence-electron chi connectivity index (χ0n) is 15.2. The summed E-state index contributed by atoms with van der Waals surface area (Å²) >= 11 is 6.65. The lowest BCUT2D eigenvalue weighted by Gasteiger charge is -2.13. The number of amides is 1. The van der Waals surface area contributed by atoms with Gasteiger partial charge in [0.25, 0.3) is 5.91 Å². The van der Waals surface area contributed by atoms with Crippen LogP contribution in [0.3, 0.4) is 0 Å². The number of carbonyl (C=O) groups excluding carboxylic acids is 1. The normalized spacial score (nSPS) is 15.5. The Balaban J connectivity index is 1.82. The smallest absolute Gasteiger partial charge is 0.270 e. The van der Waals surface area contributed by atoms with Crippen LogP contribution >= 0.6 is 24.0 Å². The lowest BCUT2D eigenvalue weighted by atomic mass is 10.2. The van der Waals surface area contributed by atoms with Crippen LogP contribution in [-0.4, -0.2) is 28.9 Å². The number of pyridine rings is 1. The van der Waals surface area contributed by atoms with Crippen molar-refractivity contribution in [2.75, 3.05) is 18.6 Å². The molecule has 5 nitrogen and oxygen atoms in total. The molecule has 140 valence electrons. The van der Waals surface area contributed by atoms with Crippen molar-refractivity contribution in [3.63, 3.8) is 0 Å². The molecule has 1 aromatic heterocycles. The van der Waals surface area contributed by atoms with Crippen molar-refractivity contribution in [2.45, 2.75) is 19.8 Å². The van der Waals surface area contributed by atoms with E-state index in [-0.39, 0.29) is 5.91 Å². The first-order valence-electron chi connectivity index (χ1n) is 8.63. The van der Waals surface area contributed by atoms with E-state index in [1.54, 1.807) is 25.6 Å². The highest BCUT2D eigenvalue weighted by molar-refractivity contribution is 8.27. The Morgan fingerprint density at radius 2 is 2.15 bits per heavy atom. The van der Waals surface area contributed by atoms with Crippen LogP contribution < -0.4 is 14.4 Å². The summed E-state index contributed by atoms with van der Waals surface area (Å²) in [5.41, 5.74) is 1.52. The van der Waals surface area contributed by atoms with Crippen LogP contribution in [0, 0.1) is 0 Å². The average molecular weight is 401 g/mol. The number of benzene rings is 1. The fraction of sp³-hybridized carbons (Fsp3) is 0.250. The van der Waals surface area contributed by atoms with Crippen LogP contribution in [0.1, 0.15) is 25.3 Å². The van der Waals surface area contributed by atoms with E-state index in [4.69, 9.17) is 21.7 Å². The standard InChI is InChI=1S/C20H20N2O3S2/c1-3-4-10-25-16-8-7-14(11-17(16)24-2)12-18-19(23)22(20(26)27-18)15-6-5-9-21-13-15/h5-9,11-13H,3-4,10H2,1-2H3/b18-12-. The third-order valence-corrected chi connectivity index (χ3v) is 5.24. The number of carbonyl (C=O) groups is 1. The molecule has 1 amide bonds. The Labute approximate surface area is 168 Å². The van der Waals surface area contributed by atoms with Gasteiger partial charge in [0.05, 0.1) is 30.5 Å². The molecule has 0 radical (unpaired) electrons. The van der Waals surface area contributed by atoms with Gasteiger partial charge in [-0.3, -0.25) is 14.7 Å². The van der Waals surface area contributed by atoms with Crippen LogP contribution in [0.5, 0.6) is 11.5 Å². The Kier molecular flexibility index (Phi) is 6.47. The van der Waals surface area contributed by atoms with E-state index in [0.717, 1.165) is 18.4 Å². The molecule has 1 fully saturated rings. The highest BCUT2D eigenvalue weighted by atomic mass is 32.2. The van der Waals surface area contributed by atoms with Gasteiger partial charge >= 0.3 is 0 Å². The molecule has 0 unspecified atom stereocenters. The first kappa shape index (κ1) is 19.4. The molecule has 2 aromatic rings. The molecule has 0 atom stereocenters. The van der Waals surface area contributed by atoms with Crippen LogP contribution in [0.4, 0.5) is 5.69 Å². The Morgan fingerprint density at radius 3 is 2.85 bits per heavy atom. The van der Waals surface area contributed by atoms with E-state index >= 15 is 0 Å². The maximum Gasteiger partial charge on any atom is 0.270 e. The van der Waals surface area contributed by atoms with Gasteiger partial charge in [0.2, 0.25) is 0 Å². The van der Waals surface area contributed by atoms with Crippen LogP contribution in [-0.2, 0) is 4.79 Å². The number of hydrogen-bond donors (Lipinski definition) is 0. The Bertz CT molecular complexity index is 869. The number of unbranched alkanes of at least 4 members (excludes halogenated alkanes) is 1. The molecule has 0 aliphatic carbocycles. The largest absolute Gasteiger partial charge is 0.493 e. The van der Waals surface area contributed by atoms with Gasteiger partial charge in [-0.2, -0.15) is 0 Å². The molecule has 1 saturated heterocycles. The van der Waals surface area contributed by atoms with Gasteiger partial charge in [-0.05, 0) is 42.3 Å². The summed E-state index contributed by atoms with van der Waals surface area (Å²) in [5.74, 6) is 1.19. The average Bonchev–Trinajstić information content (AvgIpc) is 2.96. The van der Waals surface area contributed by atoms with Crippen molar-refractivity contribution in [1.82, 2.24) is 4.98 Å². The number of thioether (sulfide) groups is 1. The Morgan fingerprint density at radius 1 is 1.30 bits per heavy atom. The van der Waals surface area contributed by atoms with E-state index in [1.807, 2.05) is 30.3 Å². The summed E-state index contributed by atoms with van der Waals surface area (Å²) in [6, 6.07) is 9.21. The quantitative estimate of drug-likeness (QED) is 0.382. The first-order chi connectivity index (χ1) is 13.1. The van der Waals surface area contributed by atoms with E-state index < -0.39 is 0 Å². The van der Waals surface area contributed by atoms with Crippen molar-refractivity contribution in [1.29, 1.82) is 0 Å². The minimum absolute atomic E-state index is 0.153. The number of rotatable bonds is 7. The molecule has 3 rings (SSSR count). The molecular weight excluding hydrogens is 380 g/mol. The number of hydrogen-bond acceptors (Lipinski definition) is 6. The van der Waals surface area contributed by atoms with E-state index in [9.17, 15) is 4.79 Å². The second-order valence-electron chi connectivity index (χ2n) is 5.84. The van der Waals surface area contributed by atoms with E-state index in [1.165, 1.54) is 16.7 Å². The molecule has 27 heavy (non-hydrogen) atoms. The molecular formula is C20H20N2O3S2. The predicted octanol–water partition coefficient (Wildman–Crippen LogP) is 4.67. The second kappa shape index (κ2) is 9.01. The first-order valence-corrected chi connectivity index (χ1v) is 9.85. The number of thiocarbonyl (C=S) groups is 1. The number of ether oxygens (including phenoxy) is 2. The monoisotopic (exact) mass is 400 g/mol. The molecule has 1 aliphatic heterocycles. The van der Waals surface area contributed by atoms with Crippen molar-refractivity contribution in [3.8, 4) is 11.5 Å². The van der Waals surface area contributed by atoms with Gasteiger partial charge in [0.15, 0.2) is 15.8 Å². The molecule has 1 aliphatic rings.